The molecule has 0 aromatic heterocycles. The number of Topliss-reactive ketones (excluding diaryl/α,β-unsaturated/α-hetero) is 2. The Labute approximate surface area is 120 Å². The molecule has 0 radical (unpaired) electrons. The fourth-order valence-electron chi connectivity index (χ4n) is 2.37. The Morgan fingerprint density at radius 1 is 0.750 bits per heavy atom. The van der Waals surface area contributed by atoms with E-state index in [2.05, 4.69) is 0 Å². The first kappa shape index (κ1) is 16.5. The predicted molar refractivity (Wildman–Crippen MR) is 77.0 cm³/mol. The quantitative estimate of drug-likeness (QED) is 0.554. The lowest BCUT2D eigenvalue weighted by molar-refractivity contribution is -0.133. The molecular weight excluding hydrogens is 256 g/mol. The molecule has 4 heteroatoms. The molecule has 0 aromatic carbocycles. The molecule has 1 aliphatic rings. The van der Waals surface area contributed by atoms with Gasteiger partial charge in [-0.05, 0) is 24.7 Å². The number of allylic oxidation sites excluding steroid dienone is 2. The van der Waals surface area contributed by atoms with E-state index >= 15 is 0 Å². The van der Waals surface area contributed by atoms with Crippen LogP contribution < -0.4 is 0 Å². The first-order valence-corrected chi connectivity index (χ1v) is 6.97. The topological polar surface area (TPSA) is 52.6 Å². The van der Waals surface area contributed by atoms with E-state index in [1.54, 1.807) is 0 Å². The van der Waals surface area contributed by atoms with Gasteiger partial charge in [0.2, 0.25) is 11.6 Å². The highest BCUT2D eigenvalue weighted by molar-refractivity contribution is 6.50. The van der Waals surface area contributed by atoms with Crippen LogP contribution in [0.25, 0.3) is 0 Å². The van der Waals surface area contributed by atoms with Crippen molar-refractivity contribution in [3.8, 4) is 0 Å². The Hall–Kier alpha value is -1.58. The highest BCUT2D eigenvalue weighted by Gasteiger charge is 2.36. The summed E-state index contributed by atoms with van der Waals surface area (Å²) in [5.41, 5.74) is 0.855. The van der Waals surface area contributed by atoms with Crippen molar-refractivity contribution in [3.63, 3.8) is 0 Å². The maximum Gasteiger partial charge on any atom is 0.233 e. The van der Waals surface area contributed by atoms with Gasteiger partial charge in [-0.25, -0.2) is 0 Å². The summed E-state index contributed by atoms with van der Waals surface area (Å²) in [6.07, 6.45) is 1.02. The summed E-state index contributed by atoms with van der Waals surface area (Å²) in [7, 11) is 3.01. The minimum absolute atomic E-state index is 0.261. The first-order chi connectivity index (χ1) is 9.33. The van der Waals surface area contributed by atoms with Crippen molar-refractivity contribution in [2.75, 3.05) is 14.2 Å². The van der Waals surface area contributed by atoms with Gasteiger partial charge >= 0.3 is 0 Å². The van der Waals surface area contributed by atoms with Crippen LogP contribution in [0.3, 0.4) is 0 Å². The molecule has 0 spiro atoms. The molecular formula is C16H24O4. The van der Waals surface area contributed by atoms with E-state index in [9.17, 15) is 9.59 Å². The van der Waals surface area contributed by atoms with Crippen LogP contribution in [-0.4, -0.2) is 25.8 Å². The van der Waals surface area contributed by atoms with Crippen molar-refractivity contribution >= 4 is 11.6 Å². The maximum atomic E-state index is 12.3. The van der Waals surface area contributed by atoms with Crippen LogP contribution in [0.5, 0.6) is 0 Å². The average molecular weight is 280 g/mol. The fourth-order valence-corrected chi connectivity index (χ4v) is 2.37. The van der Waals surface area contributed by atoms with Crippen LogP contribution in [0.15, 0.2) is 22.7 Å². The fraction of sp³-hybridized carbons (Fsp3) is 0.625. The van der Waals surface area contributed by atoms with Gasteiger partial charge in [0.25, 0.3) is 0 Å². The molecule has 0 unspecified atom stereocenters. The smallest absolute Gasteiger partial charge is 0.233 e. The summed E-state index contributed by atoms with van der Waals surface area (Å²) in [4.78, 5) is 24.6. The number of hydrogen-bond acceptors (Lipinski definition) is 4. The number of hydrogen-bond donors (Lipinski definition) is 0. The second-order valence-electron chi connectivity index (χ2n) is 5.88. The van der Waals surface area contributed by atoms with E-state index in [-0.39, 0.29) is 11.8 Å². The molecule has 0 saturated heterocycles. The second-order valence-corrected chi connectivity index (χ2v) is 5.88. The van der Waals surface area contributed by atoms with Gasteiger partial charge in [-0.15, -0.1) is 0 Å². The minimum Gasteiger partial charge on any atom is -0.492 e. The molecule has 0 amide bonds. The molecule has 1 aliphatic carbocycles. The number of ether oxygens (including phenoxy) is 2. The molecule has 1 rings (SSSR count). The molecule has 0 fully saturated rings. The van der Waals surface area contributed by atoms with E-state index in [0.717, 1.165) is 0 Å². The Bertz CT molecular complexity index is 423. The van der Waals surface area contributed by atoms with Gasteiger partial charge < -0.3 is 9.47 Å². The summed E-state index contributed by atoms with van der Waals surface area (Å²) in [5.74, 6) is 0.454. The monoisotopic (exact) mass is 280 g/mol. The second kappa shape index (κ2) is 6.73. The van der Waals surface area contributed by atoms with E-state index in [4.69, 9.17) is 9.47 Å². The van der Waals surface area contributed by atoms with Gasteiger partial charge in [-0.2, -0.15) is 0 Å². The first-order valence-electron chi connectivity index (χ1n) is 6.97. The molecule has 0 atom stereocenters. The molecule has 0 heterocycles. The molecule has 0 saturated carbocycles. The van der Waals surface area contributed by atoms with Gasteiger partial charge in [0.1, 0.15) is 0 Å². The number of carbonyl (C=O) groups is 2. The van der Waals surface area contributed by atoms with E-state index in [1.165, 1.54) is 14.2 Å². The molecule has 4 nitrogen and oxygen atoms in total. The minimum atomic E-state index is -0.452. The van der Waals surface area contributed by atoms with Crippen molar-refractivity contribution in [2.45, 2.75) is 40.5 Å². The summed E-state index contributed by atoms with van der Waals surface area (Å²) >= 11 is 0. The van der Waals surface area contributed by atoms with Gasteiger partial charge in [0, 0.05) is 11.1 Å². The van der Waals surface area contributed by atoms with Crippen molar-refractivity contribution < 1.29 is 19.1 Å². The molecule has 0 aliphatic heterocycles. The highest BCUT2D eigenvalue weighted by atomic mass is 16.5. The molecule has 20 heavy (non-hydrogen) atoms. The third-order valence-electron chi connectivity index (χ3n) is 3.14. The summed E-state index contributed by atoms with van der Waals surface area (Å²) in [6, 6.07) is 0. The van der Waals surface area contributed by atoms with E-state index < -0.39 is 11.6 Å². The van der Waals surface area contributed by atoms with Crippen molar-refractivity contribution in [2.24, 2.45) is 11.8 Å². The van der Waals surface area contributed by atoms with Crippen LogP contribution >= 0.6 is 0 Å². The standard InChI is InChI=1S/C16H24O4/c1-9(2)7-11-13(17)14(18)12(8-10(3)4)16(20-6)15(11)19-5/h9-10H,7-8H2,1-6H3. The lowest BCUT2D eigenvalue weighted by Crippen LogP contribution is -2.29. The number of ketones is 2. The van der Waals surface area contributed by atoms with Crippen LogP contribution in [0, 0.1) is 11.8 Å². The summed E-state index contributed by atoms with van der Waals surface area (Å²) in [6.45, 7) is 7.99. The number of methoxy groups -OCH3 is 2. The maximum absolute atomic E-state index is 12.3. The van der Waals surface area contributed by atoms with Gasteiger partial charge in [-0.1, -0.05) is 27.7 Å². The molecule has 0 bridgehead atoms. The summed E-state index contributed by atoms with van der Waals surface area (Å²) in [5, 5.41) is 0. The van der Waals surface area contributed by atoms with Crippen LogP contribution in [0.2, 0.25) is 0 Å². The zero-order chi connectivity index (χ0) is 15.4. The predicted octanol–water partition coefficient (Wildman–Crippen LogP) is 3.03. The van der Waals surface area contributed by atoms with Crippen molar-refractivity contribution in [1.82, 2.24) is 0 Å². The lowest BCUT2D eigenvalue weighted by atomic mass is 9.85. The zero-order valence-corrected chi connectivity index (χ0v) is 13.2. The van der Waals surface area contributed by atoms with Crippen LogP contribution in [-0.2, 0) is 19.1 Å². The average Bonchev–Trinajstić information content (AvgIpc) is 2.37. The van der Waals surface area contributed by atoms with Crippen molar-refractivity contribution in [1.29, 1.82) is 0 Å². The van der Waals surface area contributed by atoms with Gasteiger partial charge in [0.05, 0.1) is 14.2 Å². The third kappa shape index (κ3) is 3.30. The van der Waals surface area contributed by atoms with Gasteiger partial charge in [0.15, 0.2) is 11.5 Å². The molecule has 0 aromatic rings. The number of rotatable bonds is 6. The van der Waals surface area contributed by atoms with E-state index in [0.29, 0.717) is 35.5 Å². The Morgan fingerprint density at radius 2 is 1.05 bits per heavy atom. The largest absolute Gasteiger partial charge is 0.492 e. The van der Waals surface area contributed by atoms with Crippen molar-refractivity contribution in [3.05, 3.63) is 22.7 Å². The SMILES string of the molecule is COC1=C(CC(C)C)C(=O)C(=O)C(CC(C)C)=C1OC. The lowest BCUT2D eigenvalue weighted by Gasteiger charge is -2.24. The van der Waals surface area contributed by atoms with E-state index in [1.807, 2.05) is 27.7 Å². The Morgan fingerprint density at radius 3 is 1.25 bits per heavy atom. The third-order valence-corrected chi connectivity index (χ3v) is 3.14. The zero-order valence-electron chi connectivity index (χ0n) is 13.2. The van der Waals surface area contributed by atoms with Gasteiger partial charge in [-0.3, -0.25) is 9.59 Å². The normalized spacial score (nSPS) is 16.6. The Kier molecular flexibility index (Phi) is 5.54. The highest BCUT2D eigenvalue weighted by Crippen LogP contribution is 2.33. The Balaban J connectivity index is 3.41. The number of carbonyl (C=O) groups excluding carboxylic acids is 2. The van der Waals surface area contributed by atoms with Crippen LogP contribution in [0.1, 0.15) is 40.5 Å². The van der Waals surface area contributed by atoms with Crippen LogP contribution in [0.4, 0.5) is 0 Å². The molecule has 112 valence electrons. The molecule has 0 N–H and O–H groups in total. The summed E-state index contributed by atoms with van der Waals surface area (Å²) < 4.78 is 10.7.